The highest BCUT2D eigenvalue weighted by atomic mass is 32.1. The molecular weight excluding hydrogens is 274 g/mol. The molecular formula is C19H19NS. The van der Waals surface area contributed by atoms with Crippen molar-refractivity contribution in [2.45, 2.75) is 26.2 Å². The van der Waals surface area contributed by atoms with E-state index in [9.17, 15) is 0 Å². The van der Waals surface area contributed by atoms with Crippen molar-refractivity contribution in [1.82, 2.24) is 4.98 Å². The van der Waals surface area contributed by atoms with Crippen LogP contribution in [0, 0.1) is 0 Å². The summed E-state index contributed by atoms with van der Waals surface area (Å²) in [6, 6.07) is 19.1. The third-order valence-electron chi connectivity index (χ3n) is 3.54. The maximum absolute atomic E-state index is 4.57. The van der Waals surface area contributed by atoms with Crippen LogP contribution in [0.25, 0.3) is 21.0 Å². The number of aromatic nitrogens is 1. The van der Waals surface area contributed by atoms with Gasteiger partial charge in [0.05, 0.1) is 4.88 Å². The summed E-state index contributed by atoms with van der Waals surface area (Å²) >= 11 is 1.75. The molecule has 0 saturated carbocycles. The Balaban J connectivity index is 1.97. The van der Waals surface area contributed by atoms with Gasteiger partial charge in [-0.3, -0.25) is 0 Å². The molecule has 0 aliphatic heterocycles. The van der Waals surface area contributed by atoms with Gasteiger partial charge in [0.15, 0.2) is 0 Å². The van der Waals surface area contributed by atoms with Crippen LogP contribution in [-0.4, -0.2) is 4.98 Å². The van der Waals surface area contributed by atoms with E-state index in [1.54, 1.807) is 11.3 Å². The number of hydrogen-bond donors (Lipinski definition) is 0. The topological polar surface area (TPSA) is 12.9 Å². The van der Waals surface area contributed by atoms with Crippen LogP contribution in [0.4, 0.5) is 0 Å². The Labute approximate surface area is 130 Å². The van der Waals surface area contributed by atoms with E-state index in [1.807, 2.05) is 12.3 Å². The molecule has 1 nitrogen and oxygen atoms in total. The predicted molar refractivity (Wildman–Crippen MR) is 91.7 cm³/mol. The van der Waals surface area contributed by atoms with Crippen LogP contribution in [0.15, 0.2) is 60.8 Å². The minimum absolute atomic E-state index is 0.170. The lowest BCUT2D eigenvalue weighted by molar-refractivity contribution is 0.590. The predicted octanol–water partition coefficient (Wildman–Crippen LogP) is 5.77. The van der Waals surface area contributed by atoms with Gasteiger partial charge >= 0.3 is 0 Å². The Morgan fingerprint density at radius 1 is 0.857 bits per heavy atom. The van der Waals surface area contributed by atoms with Gasteiger partial charge in [-0.2, -0.15) is 0 Å². The first-order chi connectivity index (χ1) is 10.0. The third kappa shape index (κ3) is 3.06. The van der Waals surface area contributed by atoms with E-state index < -0.39 is 0 Å². The first-order valence-electron chi connectivity index (χ1n) is 7.16. The largest absolute Gasteiger partial charge is 0.244 e. The first kappa shape index (κ1) is 14.0. The van der Waals surface area contributed by atoms with Gasteiger partial charge in [0.2, 0.25) is 0 Å². The van der Waals surface area contributed by atoms with Crippen molar-refractivity contribution in [2.24, 2.45) is 0 Å². The fraction of sp³-hybridized carbons (Fsp3) is 0.211. The lowest BCUT2D eigenvalue weighted by Crippen LogP contribution is -2.10. The average Bonchev–Trinajstić information content (AvgIpc) is 2.97. The molecule has 3 aromatic rings. The molecule has 2 aromatic carbocycles. The van der Waals surface area contributed by atoms with Crippen LogP contribution in [-0.2, 0) is 5.41 Å². The number of rotatable bonds is 2. The van der Waals surface area contributed by atoms with Crippen LogP contribution in [0.3, 0.4) is 0 Å². The highest BCUT2D eigenvalue weighted by molar-refractivity contribution is 7.18. The van der Waals surface area contributed by atoms with E-state index in [1.165, 1.54) is 21.6 Å². The first-order valence-corrected chi connectivity index (χ1v) is 7.98. The lowest BCUT2D eigenvalue weighted by atomic mass is 9.86. The van der Waals surface area contributed by atoms with Crippen molar-refractivity contribution in [3.05, 3.63) is 66.4 Å². The van der Waals surface area contributed by atoms with Crippen LogP contribution < -0.4 is 0 Å². The summed E-state index contributed by atoms with van der Waals surface area (Å²) in [7, 11) is 0. The molecule has 0 radical (unpaired) electrons. The minimum atomic E-state index is 0.170. The highest BCUT2D eigenvalue weighted by Gasteiger charge is 2.14. The summed E-state index contributed by atoms with van der Waals surface area (Å²) in [5, 5.41) is 1.08. The van der Waals surface area contributed by atoms with Crippen LogP contribution >= 0.6 is 11.3 Å². The molecule has 0 N–H and O–H groups in total. The molecule has 0 atom stereocenters. The van der Waals surface area contributed by atoms with Gasteiger partial charge in [0.1, 0.15) is 5.01 Å². The zero-order valence-corrected chi connectivity index (χ0v) is 13.4. The molecule has 0 amide bonds. The maximum atomic E-state index is 4.57. The Morgan fingerprint density at radius 2 is 1.57 bits per heavy atom. The highest BCUT2D eigenvalue weighted by Crippen LogP contribution is 2.34. The smallest absolute Gasteiger partial charge is 0.123 e. The molecule has 0 unspecified atom stereocenters. The Bertz CT molecular complexity index is 736. The maximum Gasteiger partial charge on any atom is 0.123 e. The van der Waals surface area contributed by atoms with Gasteiger partial charge in [-0.1, -0.05) is 69.3 Å². The van der Waals surface area contributed by atoms with Crippen LogP contribution in [0.1, 0.15) is 26.3 Å². The average molecular weight is 293 g/mol. The Hall–Kier alpha value is -1.93. The SMILES string of the molecule is CC(C)(C)c1cccc(-c2cnc(-c3ccccc3)s2)c1. The van der Waals surface area contributed by atoms with E-state index >= 15 is 0 Å². The fourth-order valence-corrected chi connectivity index (χ4v) is 3.18. The number of hydrogen-bond acceptors (Lipinski definition) is 2. The van der Waals surface area contributed by atoms with Gasteiger partial charge < -0.3 is 0 Å². The molecule has 1 heterocycles. The van der Waals surface area contributed by atoms with Crippen molar-refractivity contribution in [3.63, 3.8) is 0 Å². The molecule has 1 aromatic heterocycles. The molecule has 0 bridgehead atoms. The van der Waals surface area contributed by atoms with Gasteiger partial charge in [-0.25, -0.2) is 4.98 Å². The molecule has 0 aliphatic rings. The summed E-state index contributed by atoms with van der Waals surface area (Å²) < 4.78 is 0. The second kappa shape index (κ2) is 5.45. The van der Waals surface area contributed by atoms with Gasteiger partial charge in [0, 0.05) is 11.8 Å². The van der Waals surface area contributed by atoms with Gasteiger partial charge in [-0.05, 0) is 22.6 Å². The minimum Gasteiger partial charge on any atom is -0.244 e. The molecule has 0 aliphatic carbocycles. The van der Waals surface area contributed by atoms with E-state index in [2.05, 4.69) is 74.3 Å². The van der Waals surface area contributed by atoms with Crippen molar-refractivity contribution in [2.75, 3.05) is 0 Å². The summed E-state index contributed by atoms with van der Waals surface area (Å²) in [6.45, 7) is 6.73. The monoisotopic (exact) mass is 293 g/mol. The zero-order valence-electron chi connectivity index (χ0n) is 12.6. The van der Waals surface area contributed by atoms with Crippen LogP contribution in [0.2, 0.25) is 0 Å². The molecule has 0 fully saturated rings. The fourth-order valence-electron chi connectivity index (χ4n) is 2.26. The summed E-state index contributed by atoms with van der Waals surface area (Å²) in [6.07, 6.45) is 1.98. The van der Waals surface area contributed by atoms with Gasteiger partial charge in [-0.15, -0.1) is 11.3 Å². The second-order valence-corrected chi connectivity index (χ2v) is 7.26. The zero-order chi connectivity index (χ0) is 14.9. The third-order valence-corrected chi connectivity index (χ3v) is 4.64. The molecule has 21 heavy (non-hydrogen) atoms. The van der Waals surface area contributed by atoms with Crippen molar-refractivity contribution >= 4 is 11.3 Å². The number of thiazole rings is 1. The summed E-state index contributed by atoms with van der Waals surface area (Å²) in [4.78, 5) is 5.80. The summed E-state index contributed by atoms with van der Waals surface area (Å²) in [5.41, 5.74) is 3.96. The molecule has 0 spiro atoms. The molecule has 106 valence electrons. The molecule has 0 saturated heterocycles. The van der Waals surface area contributed by atoms with E-state index in [4.69, 9.17) is 0 Å². The number of benzene rings is 2. The van der Waals surface area contributed by atoms with E-state index in [0.29, 0.717) is 0 Å². The van der Waals surface area contributed by atoms with Gasteiger partial charge in [0.25, 0.3) is 0 Å². The van der Waals surface area contributed by atoms with Crippen molar-refractivity contribution in [3.8, 4) is 21.0 Å². The lowest BCUT2D eigenvalue weighted by Gasteiger charge is -2.19. The Kier molecular flexibility index (Phi) is 3.64. The quantitative estimate of drug-likeness (QED) is 0.584. The molecule has 2 heteroatoms. The second-order valence-electron chi connectivity index (χ2n) is 6.23. The summed E-state index contributed by atoms with van der Waals surface area (Å²) in [5.74, 6) is 0. The van der Waals surface area contributed by atoms with Crippen molar-refractivity contribution < 1.29 is 0 Å². The van der Waals surface area contributed by atoms with Crippen molar-refractivity contribution in [1.29, 1.82) is 0 Å². The van der Waals surface area contributed by atoms with Crippen LogP contribution in [0.5, 0.6) is 0 Å². The standard InChI is InChI=1S/C19H19NS/c1-19(2,3)16-11-7-10-15(12-16)17-13-20-18(21-17)14-8-5-4-6-9-14/h4-13H,1-3H3. The molecule has 3 rings (SSSR count). The Morgan fingerprint density at radius 3 is 2.29 bits per heavy atom. The van der Waals surface area contributed by atoms with E-state index in [0.717, 1.165) is 5.01 Å². The number of nitrogens with zero attached hydrogens (tertiary/aromatic N) is 1. The van der Waals surface area contributed by atoms with E-state index in [-0.39, 0.29) is 5.41 Å². The normalized spacial score (nSPS) is 11.6.